The van der Waals surface area contributed by atoms with Gasteiger partial charge in [0.1, 0.15) is 0 Å². The molecule has 0 spiro atoms. The molecule has 0 unspecified atom stereocenters. The Hall–Kier alpha value is -1.03. The second-order valence-corrected chi connectivity index (χ2v) is 5.32. The van der Waals surface area contributed by atoms with Gasteiger partial charge in [0, 0.05) is 32.4 Å². The molecule has 0 bridgehead atoms. The predicted molar refractivity (Wildman–Crippen MR) is 71.5 cm³/mol. The van der Waals surface area contributed by atoms with Crippen molar-refractivity contribution in [1.82, 2.24) is 14.9 Å². The van der Waals surface area contributed by atoms with E-state index in [1.807, 2.05) is 0 Å². The van der Waals surface area contributed by atoms with E-state index in [4.69, 9.17) is 4.98 Å². The summed E-state index contributed by atoms with van der Waals surface area (Å²) in [4.78, 5) is 7.10. The number of nitrogens with zero attached hydrogens (tertiary/aromatic N) is 3. The van der Waals surface area contributed by atoms with Crippen LogP contribution in [0.25, 0.3) is 0 Å². The summed E-state index contributed by atoms with van der Waals surface area (Å²) < 4.78 is 2.31. The summed E-state index contributed by atoms with van der Waals surface area (Å²) in [7, 11) is 0. The quantitative estimate of drug-likeness (QED) is 0.866. The van der Waals surface area contributed by atoms with E-state index in [1.54, 1.807) is 0 Å². The Bertz CT molecular complexity index is 348. The van der Waals surface area contributed by atoms with Crippen LogP contribution in [0.4, 0.5) is 5.95 Å². The molecule has 1 aromatic heterocycles. The molecule has 0 aromatic carbocycles. The molecule has 2 rings (SSSR count). The number of hydrogen-bond acceptors (Lipinski definition) is 3. The predicted octanol–water partition coefficient (Wildman–Crippen LogP) is 1.65. The van der Waals surface area contributed by atoms with Crippen molar-refractivity contribution in [2.45, 2.75) is 33.7 Å². The van der Waals surface area contributed by atoms with Crippen molar-refractivity contribution in [3.05, 3.63) is 11.9 Å². The Morgan fingerprint density at radius 1 is 1.35 bits per heavy atom. The first kappa shape index (κ1) is 12.4. The van der Waals surface area contributed by atoms with E-state index >= 15 is 0 Å². The van der Waals surface area contributed by atoms with Gasteiger partial charge in [0.2, 0.25) is 5.95 Å². The second-order valence-electron chi connectivity index (χ2n) is 5.32. The summed E-state index contributed by atoms with van der Waals surface area (Å²) >= 11 is 0. The van der Waals surface area contributed by atoms with Crippen molar-refractivity contribution >= 4 is 5.95 Å². The third-order valence-corrected chi connectivity index (χ3v) is 3.06. The third-order valence-electron chi connectivity index (χ3n) is 3.06. The molecule has 0 aliphatic carbocycles. The Labute approximate surface area is 104 Å². The largest absolute Gasteiger partial charge is 0.341 e. The highest BCUT2D eigenvalue weighted by atomic mass is 15.3. The van der Waals surface area contributed by atoms with Gasteiger partial charge in [-0.3, -0.25) is 0 Å². The van der Waals surface area contributed by atoms with Crippen molar-refractivity contribution in [2.75, 3.05) is 31.1 Å². The van der Waals surface area contributed by atoms with Gasteiger partial charge in [-0.2, -0.15) is 0 Å². The number of nitrogens with one attached hydrogen (secondary N) is 1. The minimum absolute atomic E-state index is 0.660. The van der Waals surface area contributed by atoms with Crippen molar-refractivity contribution in [3.8, 4) is 0 Å². The minimum atomic E-state index is 0.660. The van der Waals surface area contributed by atoms with Gasteiger partial charge >= 0.3 is 0 Å². The zero-order valence-corrected chi connectivity index (χ0v) is 11.2. The van der Waals surface area contributed by atoms with Gasteiger partial charge in [-0.15, -0.1) is 0 Å². The first-order chi connectivity index (χ1) is 8.16. The summed E-state index contributed by atoms with van der Waals surface area (Å²) in [5.74, 6) is 1.81. The van der Waals surface area contributed by atoms with Crippen LogP contribution in [0, 0.1) is 12.8 Å². The Kier molecular flexibility index (Phi) is 4.05. The van der Waals surface area contributed by atoms with E-state index in [2.05, 4.69) is 41.8 Å². The lowest BCUT2D eigenvalue weighted by Crippen LogP contribution is -2.30. The summed E-state index contributed by atoms with van der Waals surface area (Å²) in [6.07, 6.45) is 3.38. The molecule has 1 N–H and O–H groups in total. The van der Waals surface area contributed by atoms with Crippen LogP contribution >= 0.6 is 0 Å². The molecule has 1 saturated heterocycles. The topological polar surface area (TPSA) is 33.1 Å². The summed E-state index contributed by atoms with van der Waals surface area (Å²) in [5, 5.41) is 3.44. The van der Waals surface area contributed by atoms with Crippen LogP contribution in [0.5, 0.6) is 0 Å². The lowest BCUT2D eigenvalue weighted by atomic mass is 10.2. The van der Waals surface area contributed by atoms with Crippen LogP contribution in [0.2, 0.25) is 0 Å². The second kappa shape index (κ2) is 5.54. The molecule has 1 aromatic rings. The number of rotatable bonds is 3. The first-order valence-electron chi connectivity index (χ1n) is 6.66. The van der Waals surface area contributed by atoms with E-state index in [9.17, 15) is 0 Å². The van der Waals surface area contributed by atoms with Crippen molar-refractivity contribution in [2.24, 2.45) is 5.92 Å². The SMILES string of the molecule is Cc1cn(CC(C)C)c(N2CCCNCC2)n1. The number of aryl methyl sites for hydroxylation is 1. The van der Waals surface area contributed by atoms with Gasteiger partial charge in [-0.1, -0.05) is 13.8 Å². The molecule has 1 aliphatic heterocycles. The maximum atomic E-state index is 4.69. The van der Waals surface area contributed by atoms with Crippen LogP contribution in [0.3, 0.4) is 0 Å². The average Bonchev–Trinajstić information content (AvgIpc) is 2.52. The van der Waals surface area contributed by atoms with Gasteiger partial charge in [-0.25, -0.2) is 4.98 Å². The highest BCUT2D eigenvalue weighted by Crippen LogP contribution is 2.17. The molecule has 4 heteroatoms. The van der Waals surface area contributed by atoms with Crippen molar-refractivity contribution in [1.29, 1.82) is 0 Å². The van der Waals surface area contributed by atoms with Gasteiger partial charge in [0.05, 0.1) is 5.69 Å². The third kappa shape index (κ3) is 3.22. The zero-order valence-electron chi connectivity index (χ0n) is 11.2. The number of imidazole rings is 1. The fourth-order valence-corrected chi connectivity index (χ4v) is 2.36. The van der Waals surface area contributed by atoms with E-state index in [0.717, 1.165) is 44.4 Å². The van der Waals surface area contributed by atoms with Crippen LogP contribution in [-0.4, -0.2) is 35.7 Å². The minimum Gasteiger partial charge on any atom is -0.341 e. The molecule has 4 nitrogen and oxygen atoms in total. The van der Waals surface area contributed by atoms with Crippen molar-refractivity contribution < 1.29 is 0 Å². The van der Waals surface area contributed by atoms with Gasteiger partial charge in [0.25, 0.3) is 0 Å². The molecule has 0 atom stereocenters. The molecule has 0 saturated carbocycles. The van der Waals surface area contributed by atoms with Gasteiger partial charge < -0.3 is 14.8 Å². The maximum Gasteiger partial charge on any atom is 0.205 e. The number of aromatic nitrogens is 2. The molecule has 2 heterocycles. The maximum absolute atomic E-state index is 4.69. The number of hydrogen-bond donors (Lipinski definition) is 1. The van der Waals surface area contributed by atoms with E-state index in [-0.39, 0.29) is 0 Å². The molecular weight excluding hydrogens is 212 g/mol. The lowest BCUT2D eigenvalue weighted by Gasteiger charge is -2.22. The van der Waals surface area contributed by atoms with E-state index in [0.29, 0.717) is 5.92 Å². The Balaban J connectivity index is 2.17. The molecule has 0 amide bonds. The molecule has 0 radical (unpaired) electrons. The average molecular weight is 236 g/mol. The van der Waals surface area contributed by atoms with Crippen molar-refractivity contribution in [3.63, 3.8) is 0 Å². The van der Waals surface area contributed by atoms with Gasteiger partial charge in [0.15, 0.2) is 0 Å². The lowest BCUT2D eigenvalue weighted by molar-refractivity contribution is 0.518. The highest BCUT2D eigenvalue weighted by molar-refractivity contribution is 5.33. The molecular formula is C13H24N4. The Morgan fingerprint density at radius 3 is 2.94 bits per heavy atom. The summed E-state index contributed by atoms with van der Waals surface area (Å²) in [5.41, 5.74) is 1.12. The van der Waals surface area contributed by atoms with Gasteiger partial charge in [-0.05, 0) is 25.8 Å². The highest BCUT2D eigenvalue weighted by Gasteiger charge is 2.16. The molecule has 96 valence electrons. The van der Waals surface area contributed by atoms with Crippen LogP contribution in [0.1, 0.15) is 26.0 Å². The summed E-state index contributed by atoms with van der Waals surface area (Å²) in [6, 6.07) is 0. The standard InChI is InChI=1S/C13H24N4/c1-11(2)9-17-10-12(3)15-13(17)16-7-4-5-14-6-8-16/h10-11,14H,4-9H2,1-3H3. The summed E-state index contributed by atoms with van der Waals surface area (Å²) in [6.45, 7) is 12.0. The molecule has 1 aliphatic rings. The van der Waals surface area contributed by atoms with E-state index in [1.165, 1.54) is 6.42 Å². The van der Waals surface area contributed by atoms with Crippen LogP contribution in [-0.2, 0) is 6.54 Å². The monoisotopic (exact) mass is 236 g/mol. The normalized spacial score (nSPS) is 17.5. The fraction of sp³-hybridized carbons (Fsp3) is 0.769. The van der Waals surface area contributed by atoms with Crippen LogP contribution < -0.4 is 10.2 Å². The number of anilines is 1. The smallest absolute Gasteiger partial charge is 0.205 e. The fourth-order valence-electron chi connectivity index (χ4n) is 2.36. The zero-order chi connectivity index (χ0) is 12.3. The molecule has 17 heavy (non-hydrogen) atoms. The first-order valence-corrected chi connectivity index (χ1v) is 6.66. The van der Waals surface area contributed by atoms with E-state index < -0.39 is 0 Å². The molecule has 1 fully saturated rings. The Morgan fingerprint density at radius 2 is 2.18 bits per heavy atom. The van der Waals surface area contributed by atoms with Crippen LogP contribution in [0.15, 0.2) is 6.20 Å².